The Morgan fingerprint density at radius 2 is 1.96 bits per heavy atom. The predicted molar refractivity (Wildman–Crippen MR) is 106 cm³/mol. The summed E-state index contributed by atoms with van der Waals surface area (Å²) in [5.74, 6) is -0.130. The normalized spacial score (nSPS) is 10.9. The van der Waals surface area contributed by atoms with Gasteiger partial charge in [-0.15, -0.1) is 11.3 Å². The van der Waals surface area contributed by atoms with Gasteiger partial charge < -0.3 is 9.72 Å². The van der Waals surface area contributed by atoms with Crippen molar-refractivity contribution in [1.29, 1.82) is 0 Å². The zero-order valence-electron chi connectivity index (χ0n) is 15.0. The maximum absolute atomic E-state index is 12.4. The minimum absolute atomic E-state index is 0.0780. The number of carbonyl (C=O) groups excluding carboxylic acids is 1. The van der Waals surface area contributed by atoms with Crippen LogP contribution in [0.15, 0.2) is 53.5 Å². The Morgan fingerprint density at radius 3 is 2.71 bits per heavy atom. The Labute approximate surface area is 164 Å². The number of aromatic amines is 1. The highest BCUT2D eigenvalue weighted by Gasteiger charge is 2.15. The van der Waals surface area contributed by atoms with E-state index in [1.54, 1.807) is 25.3 Å². The molecule has 0 unspecified atom stereocenters. The third-order valence-corrected chi connectivity index (χ3v) is 5.16. The summed E-state index contributed by atoms with van der Waals surface area (Å²) in [6, 6.07) is 13.1. The fraction of sp³-hybridized carbons (Fsp3) is 0.150. The average Bonchev–Trinajstić information content (AvgIpc) is 3.13. The number of benzene rings is 1. The van der Waals surface area contributed by atoms with E-state index in [1.807, 2.05) is 30.3 Å². The predicted octanol–water partition coefficient (Wildman–Crippen LogP) is 3.04. The fourth-order valence-electron chi connectivity index (χ4n) is 2.76. The molecule has 4 aromatic rings. The first kappa shape index (κ1) is 18.0. The Kier molecular flexibility index (Phi) is 4.94. The fourth-order valence-corrected chi connectivity index (χ4v) is 3.64. The van der Waals surface area contributed by atoms with Crippen molar-refractivity contribution in [2.45, 2.75) is 20.0 Å². The molecule has 0 spiro atoms. The molecule has 28 heavy (non-hydrogen) atoms. The van der Waals surface area contributed by atoms with Gasteiger partial charge in [-0.3, -0.25) is 14.6 Å². The molecule has 0 saturated carbocycles. The molecule has 0 saturated heterocycles. The number of carbonyl (C=O) groups is 1. The van der Waals surface area contributed by atoms with Crippen LogP contribution in [0.5, 0.6) is 0 Å². The van der Waals surface area contributed by atoms with Crippen molar-refractivity contribution in [3.63, 3.8) is 0 Å². The number of aromatic nitrogens is 4. The monoisotopic (exact) mass is 392 g/mol. The summed E-state index contributed by atoms with van der Waals surface area (Å²) in [7, 11) is 0. The summed E-state index contributed by atoms with van der Waals surface area (Å²) >= 11 is 1.48. The maximum Gasteiger partial charge on any atom is 0.310 e. The lowest BCUT2D eigenvalue weighted by Crippen LogP contribution is -2.21. The van der Waals surface area contributed by atoms with Crippen LogP contribution in [0, 0.1) is 6.92 Å². The summed E-state index contributed by atoms with van der Waals surface area (Å²) < 4.78 is 6.34. The number of pyridine rings is 1. The molecule has 7 nitrogen and oxygen atoms in total. The van der Waals surface area contributed by atoms with Gasteiger partial charge in [-0.05, 0) is 31.2 Å². The quantitative estimate of drug-likeness (QED) is 0.524. The van der Waals surface area contributed by atoms with E-state index in [2.05, 4.69) is 19.9 Å². The number of para-hydroxylation sites is 1. The van der Waals surface area contributed by atoms with Gasteiger partial charge in [0, 0.05) is 17.5 Å². The first-order valence-corrected chi connectivity index (χ1v) is 9.43. The highest BCUT2D eigenvalue weighted by Crippen LogP contribution is 2.22. The Balaban J connectivity index is 1.46. The van der Waals surface area contributed by atoms with Crippen molar-refractivity contribution >= 4 is 27.5 Å². The van der Waals surface area contributed by atoms with Crippen molar-refractivity contribution < 1.29 is 9.53 Å². The molecule has 140 valence electrons. The van der Waals surface area contributed by atoms with E-state index in [0.29, 0.717) is 22.2 Å². The van der Waals surface area contributed by atoms with E-state index in [0.717, 1.165) is 10.2 Å². The topological polar surface area (TPSA) is 97.8 Å². The summed E-state index contributed by atoms with van der Waals surface area (Å²) in [6.07, 6.45) is 1.47. The number of esters is 1. The third-order valence-electron chi connectivity index (χ3n) is 4.15. The maximum atomic E-state index is 12.4. The van der Waals surface area contributed by atoms with Crippen LogP contribution >= 0.6 is 11.3 Å². The number of hydrogen-bond acceptors (Lipinski definition) is 7. The smallest absolute Gasteiger partial charge is 0.310 e. The van der Waals surface area contributed by atoms with Crippen LogP contribution in [-0.2, 0) is 22.6 Å². The molecular formula is C20H16N4O3S. The summed E-state index contributed by atoms with van der Waals surface area (Å²) in [5.41, 5.74) is 1.83. The SMILES string of the molecule is Cc1nc(-c2ccccn2)[nH]c(=O)c1CC(=O)OCc1nc2ccccc2s1. The van der Waals surface area contributed by atoms with E-state index in [1.165, 1.54) is 11.3 Å². The standard InChI is InChI=1S/C20H16N4O3S/c1-12-13(20(26)24-19(22-12)15-7-4-5-9-21-15)10-18(25)27-11-17-23-14-6-2-3-8-16(14)28-17/h2-9H,10-11H2,1H3,(H,22,24,26). The number of nitrogens with one attached hydrogen (secondary N) is 1. The number of rotatable bonds is 5. The van der Waals surface area contributed by atoms with Crippen molar-refractivity contribution in [3.05, 3.63) is 75.3 Å². The van der Waals surface area contributed by atoms with Gasteiger partial charge in [-0.1, -0.05) is 18.2 Å². The van der Waals surface area contributed by atoms with Crippen LogP contribution in [0.3, 0.4) is 0 Å². The zero-order chi connectivity index (χ0) is 19.5. The van der Waals surface area contributed by atoms with Crippen molar-refractivity contribution in [2.75, 3.05) is 0 Å². The number of fused-ring (bicyclic) bond motifs is 1. The first-order valence-electron chi connectivity index (χ1n) is 8.61. The van der Waals surface area contributed by atoms with Crippen LogP contribution in [0.1, 0.15) is 16.3 Å². The molecular weight excluding hydrogens is 376 g/mol. The molecule has 1 N–H and O–H groups in total. The van der Waals surface area contributed by atoms with Crippen molar-refractivity contribution in [3.8, 4) is 11.5 Å². The molecule has 4 rings (SSSR count). The van der Waals surface area contributed by atoms with E-state index in [4.69, 9.17) is 4.74 Å². The number of aryl methyl sites for hydroxylation is 1. The number of hydrogen-bond donors (Lipinski definition) is 1. The number of H-pyrrole nitrogens is 1. The summed E-state index contributed by atoms with van der Waals surface area (Å²) in [4.78, 5) is 40.3. The van der Waals surface area contributed by atoms with E-state index in [9.17, 15) is 9.59 Å². The molecule has 0 aliphatic rings. The average molecular weight is 392 g/mol. The van der Waals surface area contributed by atoms with Crippen LogP contribution in [0.4, 0.5) is 0 Å². The number of thiazole rings is 1. The van der Waals surface area contributed by atoms with Crippen LogP contribution in [0.2, 0.25) is 0 Å². The largest absolute Gasteiger partial charge is 0.458 e. The highest BCUT2D eigenvalue weighted by molar-refractivity contribution is 7.18. The molecule has 0 aliphatic carbocycles. The molecule has 1 aromatic carbocycles. The zero-order valence-corrected chi connectivity index (χ0v) is 15.8. The minimum atomic E-state index is -0.500. The van der Waals surface area contributed by atoms with Gasteiger partial charge >= 0.3 is 5.97 Å². The Morgan fingerprint density at radius 1 is 1.14 bits per heavy atom. The first-order chi connectivity index (χ1) is 13.6. The van der Waals surface area contributed by atoms with Crippen molar-refractivity contribution in [1.82, 2.24) is 19.9 Å². The molecule has 0 radical (unpaired) electrons. The van der Waals surface area contributed by atoms with Gasteiger partial charge in [0.1, 0.15) is 17.3 Å². The molecule has 3 aromatic heterocycles. The highest BCUT2D eigenvalue weighted by atomic mass is 32.1. The van der Waals surface area contributed by atoms with Crippen LogP contribution in [-0.4, -0.2) is 25.9 Å². The van der Waals surface area contributed by atoms with E-state index in [-0.39, 0.29) is 24.2 Å². The van der Waals surface area contributed by atoms with E-state index >= 15 is 0 Å². The van der Waals surface area contributed by atoms with Gasteiger partial charge in [0.2, 0.25) is 0 Å². The molecule has 0 amide bonds. The molecule has 0 bridgehead atoms. The van der Waals surface area contributed by atoms with Gasteiger partial charge in [0.15, 0.2) is 5.82 Å². The van der Waals surface area contributed by atoms with Crippen molar-refractivity contribution in [2.24, 2.45) is 0 Å². The molecule has 0 atom stereocenters. The molecule has 3 heterocycles. The van der Waals surface area contributed by atoms with Gasteiger partial charge in [-0.25, -0.2) is 9.97 Å². The lowest BCUT2D eigenvalue weighted by Gasteiger charge is -2.07. The second-order valence-electron chi connectivity index (χ2n) is 6.11. The van der Waals surface area contributed by atoms with Crippen LogP contribution in [0.25, 0.3) is 21.7 Å². The van der Waals surface area contributed by atoms with Gasteiger partial charge in [0.25, 0.3) is 5.56 Å². The third kappa shape index (κ3) is 3.81. The Hall–Kier alpha value is -3.39. The second-order valence-corrected chi connectivity index (χ2v) is 7.22. The van der Waals surface area contributed by atoms with Crippen LogP contribution < -0.4 is 5.56 Å². The lowest BCUT2D eigenvalue weighted by molar-refractivity contribution is -0.144. The van der Waals surface area contributed by atoms with Gasteiger partial charge in [-0.2, -0.15) is 0 Å². The molecule has 0 aliphatic heterocycles. The summed E-state index contributed by atoms with van der Waals surface area (Å²) in [6.45, 7) is 1.77. The number of ether oxygens (including phenoxy) is 1. The lowest BCUT2D eigenvalue weighted by atomic mass is 10.1. The molecule has 0 fully saturated rings. The molecule has 8 heteroatoms. The second kappa shape index (κ2) is 7.69. The summed E-state index contributed by atoms with van der Waals surface area (Å²) in [5, 5.41) is 0.712. The number of nitrogens with zero attached hydrogens (tertiary/aromatic N) is 3. The Bertz CT molecular complexity index is 1170. The van der Waals surface area contributed by atoms with Gasteiger partial charge in [0.05, 0.1) is 16.6 Å². The van der Waals surface area contributed by atoms with E-state index < -0.39 is 5.97 Å². The minimum Gasteiger partial charge on any atom is -0.458 e.